The number of nitrogens with zero attached hydrogens (tertiary/aromatic N) is 1. The van der Waals surface area contributed by atoms with Crippen LogP contribution in [0.3, 0.4) is 0 Å². The highest BCUT2D eigenvalue weighted by Gasteiger charge is 2.26. The Morgan fingerprint density at radius 3 is 1.49 bits per heavy atom. The Morgan fingerprint density at radius 2 is 1.04 bits per heavy atom. The van der Waals surface area contributed by atoms with Crippen molar-refractivity contribution in [2.24, 2.45) is 0 Å². The van der Waals surface area contributed by atoms with E-state index < -0.39 is 19.9 Å². The molecule has 0 aromatic rings. The maximum Gasteiger partial charge on any atom is 0.472 e. The first kappa shape index (κ1) is 48.2. The van der Waals surface area contributed by atoms with Gasteiger partial charge in [-0.05, 0) is 70.6 Å². The summed E-state index contributed by atoms with van der Waals surface area (Å²) in [5.41, 5.74) is 0. The molecule has 0 saturated heterocycles. The van der Waals surface area contributed by atoms with Gasteiger partial charge in [0.1, 0.15) is 19.3 Å². The molecule has 0 aromatic carbocycles. The van der Waals surface area contributed by atoms with Crippen LogP contribution in [0.5, 0.6) is 0 Å². The van der Waals surface area contributed by atoms with Gasteiger partial charge in [-0.3, -0.25) is 13.8 Å². The molecule has 0 aromatic heterocycles. The number of unbranched alkanes of at least 4 members (excludes halogenated alkanes) is 1. The van der Waals surface area contributed by atoms with Gasteiger partial charge in [0.25, 0.3) is 0 Å². The van der Waals surface area contributed by atoms with E-state index in [-0.39, 0.29) is 26.2 Å². The molecule has 9 heteroatoms. The van der Waals surface area contributed by atoms with Gasteiger partial charge in [0, 0.05) is 6.61 Å². The molecular formula is C42H69NO7P+. The van der Waals surface area contributed by atoms with E-state index in [0.717, 1.165) is 64.2 Å². The lowest BCUT2D eigenvalue weighted by atomic mass is 10.2. The van der Waals surface area contributed by atoms with E-state index in [4.69, 9.17) is 18.5 Å². The summed E-state index contributed by atoms with van der Waals surface area (Å²) in [5.74, 6) is -0.466. The SMILES string of the molecule is CC/C=C\C/C=C\C/C=C\C/C=C\C/C=C\CC(=O)OC(COCCC/C=C\C/C=C\C/C=C\C/C=C\CC)COP(=O)(O)OCC[N+](C)(C)C. The zero-order valence-electron chi connectivity index (χ0n) is 32.3. The lowest BCUT2D eigenvalue weighted by Crippen LogP contribution is -2.37. The number of phosphoric ester groups is 1. The number of hydrogen-bond acceptors (Lipinski definition) is 6. The van der Waals surface area contributed by atoms with Crippen LogP contribution >= 0.6 is 7.82 Å². The van der Waals surface area contributed by atoms with Crippen LogP contribution in [0.25, 0.3) is 0 Å². The maximum absolute atomic E-state index is 12.6. The molecule has 1 N–H and O–H groups in total. The van der Waals surface area contributed by atoms with E-state index in [0.29, 0.717) is 24.1 Å². The summed E-state index contributed by atoms with van der Waals surface area (Å²) in [6.45, 7) is 5.04. The second kappa shape index (κ2) is 34.3. The molecule has 8 nitrogen and oxygen atoms in total. The predicted octanol–water partition coefficient (Wildman–Crippen LogP) is 10.5. The van der Waals surface area contributed by atoms with Crippen molar-refractivity contribution in [2.45, 2.75) is 97.0 Å². The van der Waals surface area contributed by atoms with E-state index >= 15 is 0 Å². The highest BCUT2D eigenvalue weighted by Crippen LogP contribution is 2.43. The molecule has 0 rings (SSSR count). The second-order valence-corrected chi connectivity index (χ2v) is 14.3. The van der Waals surface area contributed by atoms with E-state index in [2.05, 4.69) is 111 Å². The van der Waals surface area contributed by atoms with Crippen molar-refractivity contribution < 1.29 is 37.3 Å². The normalized spacial score (nSPS) is 15.2. The summed E-state index contributed by atoms with van der Waals surface area (Å²) in [5, 5.41) is 0. The molecule has 0 aliphatic rings. The molecule has 0 spiro atoms. The fourth-order valence-corrected chi connectivity index (χ4v) is 4.78. The molecule has 0 aliphatic carbocycles. The Morgan fingerprint density at radius 1 is 0.608 bits per heavy atom. The van der Waals surface area contributed by atoms with E-state index in [1.54, 1.807) is 6.08 Å². The standard InChI is InChI=1S/C42H68NO7P/c1-6-8-10-12-14-16-18-20-22-23-25-27-29-31-33-35-42(44)50-41(40-49-51(45,46)48-38-36-43(3,4)5)39-47-37-34-32-30-28-26-24-21-19-17-15-13-11-9-7-2/h8-11,14-17,20-22,24-25,27-28,30-31,33,41H,6-7,12-13,18-19,23,26,29,32,34-40H2,1-5H3/p+1/b10-8-,11-9-,16-14-,17-15-,22-20-,24-21-,27-25-,30-28-,33-31-. The van der Waals surface area contributed by atoms with Gasteiger partial charge in [-0.2, -0.15) is 0 Å². The first-order valence-corrected chi connectivity index (χ1v) is 20.1. The molecule has 0 saturated carbocycles. The van der Waals surface area contributed by atoms with Gasteiger partial charge in [-0.25, -0.2) is 4.57 Å². The van der Waals surface area contributed by atoms with Crippen LogP contribution in [0.15, 0.2) is 109 Å². The Balaban J connectivity index is 4.60. The Kier molecular flexibility index (Phi) is 32.3. The van der Waals surface area contributed by atoms with Crippen molar-refractivity contribution >= 4 is 13.8 Å². The van der Waals surface area contributed by atoms with E-state index in [9.17, 15) is 14.3 Å². The molecule has 2 atom stereocenters. The van der Waals surface area contributed by atoms with Crippen LogP contribution in [0.1, 0.15) is 90.9 Å². The third kappa shape index (κ3) is 38.2. The maximum atomic E-state index is 12.6. The fourth-order valence-electron chi connectivity index (χ4n) is 4.04. The van der Waals surface area contributed by atoms with Gasteiger partial charge >= 0.3 is 13.8 Å². The zero-order valence-corrected chi connectivity index (χ0v) is 33.2. The largest absolute Gasteiger partial charge is 0.472 e. The third-order valence-electron chi connectivity index (χ3n) is 6.86. The Hall–Kier alpha value is -2.84. The highest BCUT2D eigenvalue weighted by atomic mass is 31.2. The third-order valence-corrected chi connectivity index (χ3v) is 7.85. The number of carbonyl (C=O) groups excluding carboxylic acids is 1. The summed E-state index contributed by atoms with van der Waals surface area (Å²) >= 11 is 0. The Labute approximate surface area is 310 Å². The van der Waals surface area contributed by atoms with Gasteiger partial charge in [0.05, 0.1) is 40.8 Å². The summed E-state index contributed by atoms with van der Waals surface area (Å²) in [7, 11) is 1.55. The summed E-state index contributed by atoms with van der Waals surface area (Å²) in [4.78, 5) is 22.7. The molecule has 288 valence electrons. The number of carbonyl (C=O) groups is 1. The van der Waals surface area contributed by atoms with Crippen molar-refractivity contribution in [1.29, 1.82) is 0 Å². The van der Waals surface area contributed by atoms with Gasteiger partial charge in [0.15, 0.2) is 0 Å². The minimum Gasteiger partial charge on any atom is -0.457 e. The second-order valence-electron chi connectivity index (χ2n) is 12.9. The number of ether oxygens (including phenoxy) is 2. The van der Waals surface area contributed by atoms with Crippen molar-refractivity contribution in [1.82, 2.24) is 0 Å². The number of likely N-dealkylation sites (N-methyl/N-ethyl adjacent to an activating group) is 1. The summed E-state index contributed by atoms with van der Waals surface area (Å²) < 4.78 is 34.6. The van der Waals surface area contributed by atoms with Crippen LogP contribution in [-0.4, -0.2) is 75.6 Å². The van der Waals surface area contributed by atoms with Crippen LogP contribution < -0.4 is 0 Å². The minimum atomic E-state index is -4.32. The number of hydrogen-bond donors (Lipinski definition) is 1. The molecule has 0 amide bonds. The average molecular weight is 731 g/mol. The number of quaternary nitrogens is 1. The van der Waals surface area contributed by atoms with E-state index in [1.807, 2.05) is 27.2 Å². The predicted molar refractivity (Wildman–Crippen MR) is 214 cm³/mol. The number of phosphoric acid groups is 1. The molecular weight excluding hydrogens is 661 g/mol. The van der Waals surface area contributed by atoms with Crippen molar-refractivity contribution in [3.8, 4) is 0 Å². The Bertz CT molecular complexity index is 1170. The van der Waals surface area contributed by atoms with Crippen molar-refractivity contribution in [2.75, 3.05) is 54.1 Å². The molecule has 2 unspecified atom stereocenters. The zero-order chi connectivity index (χ0) is 37.7. The summed E-state index contributed by atoms with van der Waals surface area (Å²) in [6.07, 6.45) is 47.4. The number of rotatable bonds is 32. The van der Waals surface area contributed by atoms with Crippen LogP contribution in [0, 0.1) is 0 Å². The monoisotopic (exact) mass is 730 g/mol. The topological polar surface area (TPSA) is 91.3 Å². The molecule has 0 radical (unpaired) electrons. The van der Waals surface area contributed by atoms with Crippen LogP contribution in [0.2, 0.25) is 0 Å². The smallest absolute Gasteiger partial charge is 0.457 e. The molecule has 51 heavy (non-hydrogen) atoms. The van der Waals surface area contributed by atoms with Gasteiger partial charge in [0.2, 0.25) is 0 Å². The number of allylic oxidation sites excluding steroid dienone is 17. The van der Waals surface area contributed by atoms with Crippen LogP contribution in [-0.2, 0) is 27.9 Å². The molecule has 0 fully saturated rings. The van der Waals surface area contributed by atoms with Gasteiger partial charge in [-0.1, -0.05) is 123 Å². The van der Waals surface area contributed by atoms with Gasteiger partial charge in [-0.15, -0.1) is 0 Å². The highest BCUT2D eigenvalue weighted by molar-refractivity contribution is 7.47. The van der Waals surface area contributed by atoms with Crippen LogP contribution in [0.4, 0.5) is 0 Å². The van der Waals surface area contributed by atoms with E-state index in [1.165, 1.54) is 0 Å². The summed E-state index contributed by atoms with van der Waals surface area (Å²) in [6, 6.07) is 0. The molecule has 0 aliphatic heterocycles. The number of esters is 1. The minimum absolute atomic E-state index is 0.0461. The first-order valence-electron chi connectivity index (χ1n) is 18.6. The van der Waals surface area contributed by atoms with Gasteiger partial charge < -0.3 is 18.9 Å². The van der Waals surface area contributed by atoms with Crippen molar-refractivity contribution in [3.05, 3.63) is 109 Å². The quantitative estimate of drug-likeness (QED) is 0.0242. The fraction of sp³-hybridized carbons (Fsp3) is 0.548. The lowest BCUT2D eigenvalue weighted by molar-refractivity contribution is -0.870. The molecule has 0 heterocycles. The lowest BCUT2D eigenvalue weighted by Gasteiger charge is -2.24. The molecule has 0 bridgehead atoms. The average Bonchev–Trinajstić information content (AvgIpc) is 3.08. The first-order chi connectivity index (χ1) is 24.6. The van der Waals surface area contributed by atoms with Crippen molar-refractivity contribution in [3.63, 3.8) is 0 Å².